The van der Waals surface area contributed by atoms with Crippen molar-refractivity contribution < 1.29 is 28.6 Å². The lowest BCUT2D eigenvalue weighted by Crippen LogP contribution is -2.30. The molecule has 0 heterocycles. The van der Waals surface area contributed by atoms with Crippen molar-refractivity contribution >= 4 is 17.9 Å². The van der Waals surface area contributed by atoms with E-state index < -0.39 is 12.1 Å². The summed E-state index contributed by atoms with van der Waals surface area (Å²) < 4.78 is 16.6. The highest BCUT2D eigenvalue weighted by atomic mass is 16.6. The van der Waals surface area contributed by atoms with Crippen molar-refractivity contribution in [2.45, 2.75) is 181 Å². The summed E-state index contributed by atoms with van der Waals surface area (Å²) in [6, 6.07) is 0. The Labute approximate surface area is 397 Å². The van der Waals surface area contributed by atoms with Crippen LogP contribution < -0.4 is 0 Å². The van der Waals surface area contributed by atoms with E-state index in [2.05, 4.69) is 154 Å². The fourth-order valence-electron chi connectivity index (χ4n) is 5.91. The van der Waals surface area contributed by atoms with E-state index in [0.29, 0.717) is 19.3 Å². The summed E-state index contributed by atoms with van der Waals surface area (Å²) in [7, 11) is 0. The van der Waals surface area contributed by atoms with E-state index in [1.54, 1.807) is 0 Å². The van der Waals surface area contributed by atoms with E-state index in [-0.39, 0.29) is 38.0 Å². The standard InChI is InChI=1S/C59H88O6/c1-4-7-10-13-16-19-22-25-27-29-30-31-33-34-37-40-43-46-49-52-58(61)64-55-56(54-63-57(60)51-48-45-42-39-36-24-21-18-15-12-9-6-3)65-59(62)53-50-47-44-41-38-35-32-28-26-23-20-17-14-11-8-5-2/h7-12,16-21,25-28,30-31,34-35,37-38,43-44,46-47,56H,4-6,13-15,22-24,29,32-33,36,39-42,45,48-55H2,1-3H3/b10-7-,11-8-,12-9-,19-16-,20-17-,21-18-,27-25-,28-26-,31-30-,37-34-,38-35-,46-43-,47-44-. The minimum atomic E-state index is -0.861. The second-order valence-electron chi connectivity index (χ2n) is 15.6. The first kappa shape index (κ1) is 60.0. The maximum Gasteiger partial charge on any atom is 0.306 e. The maximum absolute atomic E-state index is 12.8. The molecule has 0 spiro atoms. The number of hydrogen-bond donors (Lipinski definition) is 0. The molecule has 1 unspecified atom stereocenters. The molecule has 65 heavy (non-hydrogen) atoms. The SMILES string of the molecule is CC/C=C\C/C=C\C/C=C\C/C=C\C/C=C\C/C=C\CCC(=O)OCC(COC(=O)CCCCCCC/C=C\C/C=C\CC)OC(=O)CC/C=C\C/C=C\C/C=C\C/C=C\C/C=C\CC. The van der Waals surface area contributed by atoms with Gasteiger partial charge in [0.2, 0.25) is 0 Å². The highest BCUT2D eigenvalue weighted by molar-refractivity contribution is 5.71. The van der Waals surface area contributed by atoms with Crippen LogP contribution in [0.25, 0.3) is 0 Å². The molecule has 0 rings (SSSR count). The van der Waals surface area contributed by atoms with Gasteiger partial charge in [0, 0.05) is 19.3 Å². The number of ether oxygens (including phenoxy) is 3. The van der Waals surface area contributed by atoms with Crippen LogP contribution >= 0.6 is 0 Å². The van der Waals surface area contributed by atoms with Gasteiger partial charge in [0.15, 0.2) is 6.10 Å². The number of carbonyl (C=O) groups excluding carboxylic acids is 3. The summed E-state index contributed by atoms with van der Waals surface area (Å²) in [6.45, 7) is 6.12. The van der Waals surface area contributed by atoms with Crippen molar-refractivity contribution in [3.05, 3.63) is 158 Å². The molecule has 0 aromatic heterocycles. The smallest absolute Gasteiger partial charge is 0.306 e. The van der Waals surface area contributed by atoms with Crippen molar-refractivity contribution in [3.8, 4) is 0 Å². The lowest BCUT2D eigenvalue weighted by molar-refractivity contribution is -0.166. The third-order valence-corrected chi connectivity index (χ3v) is 9.54. The summed E-state index contributed by atoms with van der Waals surface area (Å²) in [5, 5.41) is 0. The van der Waals surface area contributed by atoms with Crippen LogP contribution in [-0.4, -0.2) is 37.2 Å². The number of esters is 3. The summed E-state index contributed by atoms with van der Waals surface area (Å²) in [6.07, 6.45) is 75.4. The van der Waals surface area contributed by atoms with Crippen molar-refractivity contribution in [1.29, 1.82) is 0 Å². The third kappa shape index (κ3) is 49.9. The zero-order chi connectivity index (χ0) is 47.2. The maximum atomic E-state index is 12.8. The van der Waals surface area contributed by atoms with Gasteiger partial charge in [0.05, 0.1) is 0 Å². The number of allylic oxidation sites excluding steroid dienone is 26. The topological polar surface area (TPSA) is 78.9 Å². The average Bonchev–Trinajstić information content (AvgIpc) is 3.30. The Hall–Kier alpha value is -4.97. The zero-order valence-electron chi connectivity index (χ0n) is 40.9. The summed E-state index contributed by atoms with van der Waals surface area (Å²) in [5.74, 6) is -1.15. The molecule has 0 amide bonds. The molecule has 0 aliphatic rings. The molecule has 6 nitrogen and oxygen atoms in total. The van der Waals surface area contributed by atoms with Gasteiger partial charge in [-0.2, -0.15) is 0 Å². The highest BCUT2D eigenvalue weighted by Crippen LogP contribution is 2.10. The molecule has 0 bridgehead atoms. The summed E-state index contributed by atoms with van der Waals surface area (Å²) in [4.78, 5) is 37.9. The first-order valence-electron chi connectivity index (χ1n) is 25.0. The summed E-state index contributed by atoms with van der Waals surface area (Å²) in [5.41, 5.74) is 0. The fraction of sp³-hybridized carbons (Fsp3) is 0.508. The zero-order valence-corrected chi connectivity index (χ0v) is 40.9. The normalized spacial score (nSPS) is 13.5. The molecule has 1 atom stereocenters. The molecule has 360 valence electrons. The Morgan fingerprint density at radius 1 is 0.308 bits per heavy atom. The van der Waals surface area contributed by atoms with Crippen LogP contribution in [0.15, 0.2) is 158 Å². The molecular formula is C59H88O6. The van der Waals surface area contributed by atoms with E-state index in [1.807, 2.05) is 24.3 Å². The second-order valence-corrected chi connectivity index (χ2v) is 15.6. The number of unbranched alkanes of at least 4 members (excludes halogenated alkanes) is 5. The minimum Gasteiger partial charge on any atom is -0.462 e. The predicted molar refractivity (Wildman–Crippen MR) is 278 cm³/mol. The molecular weight excluding hydrogens is 805 g/mol. The largest absolute Gasteiger partial charge is 0.462 e. The van der Waals surface area contributed by atoms with E-state index in [4.69, 9.17) is 14.2 Å². The average molecular weight is 893 g/mol. The Morgan fingerprint density at radius 3 is 0.954 bits per heavy atom. The third-order valence-electron chi connectivity index (χ3n) is 9.54. The van der Waals surface area contributed by atoms with Crippen molar-refractivity contribution in [3.63, 3.8) is 0 Å². The number of hydrogen-bond acceptors (Lipinski definition) is 6. The Kier molecular flexibility index (Phi) is 47.7. The predicted octanol–water partition coefficient (Wildman–Crippen LogP) is 16.6. The van der Waals surface area contributed by atoms with Crippen LogP contribution in [0, 0.1) is 0 Å². The lowest BCUT2D eigenvalue weighted by atomic mass is 10.1. The van der Waals surface area contributed by atoms with Gasteiger partial charge in [-0.3, -0.25) is 14.4 Å². The fourth-order valence-corrected chi connectivity index (χ4v) is 5.91. The van der Waals surface area contributed by atoms with Crippen molar-refractivity contribution in [1.82, 2.24) is 0 Å². The Balaban J connectivity index is 4.66. The molecule has 0 aromatic carbocycles. The Bertz CT molecular complexity index is 1540. The van der Waals surface area contributed by atoms with Crippen LogP contribution in [0.2, 0.25) is 0 Å². The van der Waals surface area contributed by atoms with Crippen molar-refractivity contribution in [2.75, 3.05) is 13.2 Å². The van der Waals surface area contributed by atoms with Gasteiger partial charge in [-0.1, -0.05) is 198 Å². The van der Waals surface area contributed by atoms with Crippen LogP contribution in [0.5, 0.6) is 0 Å². The molecule has 6 heteroatoms. The van der Waals surface area contributed by atoms with Crippen molar-refractivity contribution in [2.24, 2.45) is 0 Å². The van der Waals surface area contributed by atoms with Gasteiger partial charge in [0.25, 0.3) is 0 Å². The molecule has 0 aliphatic carbocycles. The molecule has 0 aromatic rings. The molecule has 0 radical (unpaired) electrons. The van der Waals surface area contributed by atoms with Gasteiger partial charge in [-0.05, 0) is 116 Å². The van der Waals surface area contributed by atoms with E-state index >= 15 is 0 Å². The van der Waals surface area contributed by atoms with Gasteiger partial charge in [-0.25, -0.2) is 0 Å². The highest BCUT2D eigenvalue weighted by Gasteiger charge is 2.19. The van der Waals surface area contributed by atoms with Crippen LogP contribution in [0.3, 0.4) is 0 Å². The van der Waals surface area contributed by atoms with Crippen LogP contribution in [0.1, 0.15) is 175 Å². The second kappa shape index (κ2) is 51.7. The minimum absolute atomic E-state index is 0.146. The number of carbonyl (C=O) groups is 3. The quantitative estimate of drug-likeness (QED) is 0.0263. The molecule has 0 N–H and O–H groups in total. The van der Waals surface area contributed by atoms with Gasteiger partial charge < -0.3 is 14.2 Å². The first-order valence-corrected chi connectivity index (χ1v) is 25.0. The van der Waals surface area contributed by atoms with E-state index in [9.17, 15) is 14.4 Å². The van der Waals surface area contributed by atoms with E-state index in [0.717, 1.165) is 122 Å². The molecule has 0 aliphatic heterocycles. The Morgan fingerprint density at radius 2 is 0.585 bits per heavy atom. The number of rotatable bonds is 42. The monoisotopic (exact) mass is 893 g/mol. The first-order chi connectivity index (χ1) is 32.0. The van der Waals surface area contributed by atoms with E-state index in [1.165, 1.54) is 0 Å². The molecule has 0 saturated heterocycles. The lowest BCUT2D eigenvalue weighted by Gasteiger charge is -2.18. The summed E-state index contributed by atoms with van der Waals surface area (Å²) >= 11 is 0. The molecule has 0 saturated carbocycles. The van der Waals surface area contributed by atoms with Crippen LogP contribution in [0.4, 0.5) is 0 Å². The van der Waals surface area contributed by atoms with Gasteiger partial charge >= 0.3 is 17.9 Å². The molecule has 0 fully saturated rings. The van der Waals surface area contributed by atoms with Gasteiger partial charge in [0.1, 0.15) is 13.2 Å². The van der Waals surface area contributed by atoms with Crippen LogP contribution in [-0.2, 0) is 28.6 Å². The van der Waals surface area contributed by atoms with Gasteiger partial charge in [-0.15, -0.1) is 0 Å².